The van der Waals surface area contributed by atoms with Gasteiger partial charge < -0.3 is 9.15 Å². The Kier molecular flexibility index (Phi) is 7.81. The van der Waals surface area contributed by atoms with Gasteiger partial charge in [0.1, 0.15) is 28.9 Å². The molecule has 12 heteroatoms. The van der Waals surface area contributed by atoms with Crippen LogP contribution < -0.4 is 10.1 Å². The van der Waals surface area contributed by atoms with Crippen LogP contribution in [0.2, 0.25) is 0 Å². The van der Waals surface area contributed by atoms with E-state index in [-0.39, 0.29) is 38.7 Å². The first-order valence-corrected chi connectivity index (χ1v) is 11.4. The number of nitriles is 1. The Balaban J connectivity index is 1.81. The normalized spacial score (nSPS) is 11.3. The number of carbonyl (C=O) groups excluding carboxylic acids is 1. The van der Waals surface area contributed by atoms with Gasteiger partial charge in [0.15, 0.2) is 0 Å². The topological polar surface area (TPSA) is 144 Å². The molecule has 1 N–H and O–H groups in total. The third-order valence-electron chi connectivity index (χ3n) is 3.99. The van der Waals surface area contributed by atoms with Crippen molar-refractivity contribution in [3.05, 3.63) is 51.8 Å². The molecule has 1 aromatic carbocycles. The Morgan fingerprint density at radius 1 is 1.42 bits per heavy atom. The molecule has 33 heavy (non-hydrogen) atoms. The minimum atomic E-state index is -0.667. The van der Waals surface area contributed by atoms with Crippen molar-refractivity contribution in [3.8, 4) is 23.1 Å². The summed E-state index contributed by atoms with van der Waals surface area (Å²) in [5.74, 6) is 0.107. The van der Waals surface area contributed by atoms with Crippen LogP contribution in [0, 0.1) is 21.4 Å². The number of anilines is 1. The first kappa shape index (κ1) is 24.0. The van der Waals surface area contributed by atoms with Crippen LogP contribution in [0.1, 0.15) is 26.5 Å². The zero-order chi connectivity index (χ0) is 24.0. The van der Waals surface area contributed by atoms with E-state index in [1.54, 1.807) is 13.0 Å². The lowest BCUT2D eigenvalue weighted by atomic mass is 10.1. The maximum atomic E-state index is 12.5. The number of benzene rings is 1. The number of thioether (sulfide) groups is 1. The molecular formula is C21H19N5O5S2. The van der Waals surface area contributed by atoms with Gasteiger partial charge in [0.25, 0.3) is 11.6 Å². The highest BCUT2D eigenvalue weighted by Crippen LogP contribution is 2.34. The molecule has 0 aliphatic rings. The number of carbonyl (C=O) groups is 1. The molecule has 0 fully saturated rings. The highest BCUT2D eigenvalue weighted by molar-refractivity contribution is 7.99. The van der Waals surface area contributed by atoms with Crippen molar-refractivity contribution in [1.29, 1.82) is 5.26 Å². The fourth-order valence-corrected chi connectivity index (χ4v) is 4.06. The quantitative estimate of drug-likeness (QED) is 0.143. The van der Waals surface area contributed by atoms with Gasteiger partial charge in [0, 0.05) is 22.9 Å². The smallest absolute Gasteiger partial charge is 0.284 e. The average molecular weight is 486 g/mol. The van der Waals surface area contributed by atoms with Crippen LogP contribution in [0.3, 0.4) is 0 Å². The number of rotatable bonds is 9. The molecule has 10 nitrogen and oxygen atoms in total. The number of ether oxygens (including phenoxy) is 1. The summed E-state index contributed by atoms with van der Waals surface area (Å²) in [4.78, 5) is 27.7. The fraction of sp³-hybridized carbons (Fsp3) is 0.238. The van der Waals surface area contributed by atoms with Crippen LogP contribution in [0.25, 0.3) is 17.4 Å². The van der Waals surface area contributed by atoms with Crippen molar-refractivity contribution in [1.82, 2.24) is 9.36 Å². The van der Waals surface area contributed by atoms with Crippen LogP contribution in [0.5, 0.6) is 5.75 Å². The second-order valence-corrected chi connectivity index (χ2v) is 9.04. The average Bonchev–Trinajstić information content (AvgIpc) is 3.41. The lowest BCUT2D eigenvalue weighted by Crippen LogP contribution is -2.13. The largest absolute Gasteiger partial charge is 0.494 e. The van der Waals surface area contributed by atoms with E-state index < -0.39 is 10.8 Å². The maximum Gasteiger partial charge on any atom is 0.284 e. The molecule has 0 spiro atoms. The lowest BCUT2D eigenvalue weighted by Gasteiger charge is -2.05. The molecule has 0 atom stereocenters. The van der Waals surface area contributed by atoms with E-state index in [1.807, 2.05) is 19.9 Å². The summed E-state index contributed by atoms with van der Waals surface area (Å²) >= 11 is 2.47. The van der Waals surface area contributed by atoms with E-state index in [1.165, 1.54) is 42.1 Å². The van der Waals surface area contributed by atoms with E-state index >= 15 is 0 Å². The van der Waals surface area contributed by atoms with Crippen LogP contribution >= 0.6 is 23.3 Å². The van der Waals surface area contributed by atoms with Crippen LogP contribution in [-0.2, 0) is 4.79 Å². The predicted octanol–water partition coefficient (Wildman–Crippen LogP) is 5.15. The number of hydrogen-bond donors (Lipinski definition) is 1. The van der Waals surface area contributed by atoms with Gasteiger partial charge in [-0.25, -0.2) is 0 Å². The van der Waals surface area contributed by atoms with Crippen molar-refractivity contribution >= 4 is 46.1 Å². The third kappa shape index (κ3) is 6.18. The van der Waals surface area contributed by atoms with Crippen molar-refractivity contribution in [2.45, 2.75) is 31.2 Å². The third-order valence-corrected chi connectivity index (χ3v) is 5.60. The number of nitrogens with zero attached hydrogens (tertiary/aromatic N) is 4. The summed E-state index contributed by atoms with van der Waals surface area (Å²) in [6, 6.07) is 9.32. The Labute approximate surface area is 197 Å². The second-order valence-electron chi connectivity index (χ2n) is 6.74. The summed E-state index contributed by atoms with van der Waals surface area (Å²) in [7, 11) is 0. The summed E-state index contributed by atoms with van der Waals surface area (Å²) in [6.07, 6.45) is 1.25. The van der Waals surface area contributed by atoms with Crippen molar-refractivity contribution in [3.63, 3.8) is 0 Å². The second kappa shape index (κ2) is 10.8. The predicted molar refractivity (Wildman–Crippen MR) is 125 cm³/mol. The van der Waals surface area contributed by atoms with Gasteiger partial charge in [-0.1, -0.05) is 25.6 Å². The Hall–Kier alpha value is -3.69. The molecule has 170 valence electrons. The number of nitro benzene ring substituents is 1. The van der Waals surface area contributed by atoms with E-state index in [0.717, 1.165) is 11.5 Å². The fourth-order valence-electron chi connectivity index (χ4n) is 2.68. The highest BCUT2D eigenvalue weighted by atomic mass is 32.2. The van der Waals surface area contributed by atoms with Crippen molar-refractivity contribution in [2.75, 3.05) is 11.9 Å². The van der Waals surface area contributed by atoms with Crippen LogP contribution in [0.4, 0.5) is 10.8 Å². The minimum Gasteiger partial charge on any atom is -0.494 e. The van der Waals surface area contributed by atoms with Crippen LogP contribution in [-0.4, -0.2) is 32.0 Å². The summed E-state index contributed by atoms with van der Waals surface area (Å²) < 4.78 is 15.1. The van der Waals surface area contributed by atoms with E-state index in [9.17, 15) is 20.2 Å². The molecular weight excluding hydrogens is 466 g/mol. The first-order chi connectivity index (χ1) is 15.8. The molecule has 3 rings (SSSR count). The van der Waals surface area contributed by atoms with Gasteiger partial charge in [-0.05, 0) is 31.2 Å². The molecule has 0 bridgehead atoms. The summed E-state index contributed by atoms with van der Waals surface area (Å²) in [5, 5.41) is 24.6. The highest BCUT2D eigenvalue weighted by Gasteiger charge is 2.20. The standard InChI is InChI=1S/C21H19N5O5S2/c1-4-30-14-5-7-16(17(10-14)26(28)29)18-8-6-15(31-18)9-13(11-22)19(27)23-20-24-21(25-33-20)32-12(2)3/h5-10,12H,4H2,1-3H3,(H,23,24,25,27). The number of nitrogens with one attached hydrogen (secondary N) is 1. The molecule has 2 aromatic heterocycles. The van der Waals surface area contributed by atoms with Gasteiger partial charge in [0.2, 0.25) is 10.3 Å². The molecule has 3 aromatic rings. The van der Waals surface area contributed by atoms with Gasteiger partial charge in [0.05, 0.1) is 23.2 Å². The SMILES string of the molecule is CCOc1ccc(-c2ccc(C=C(C#N)C(=O)Nc3nc(SC(C)C)ns3)o2)c([N+](=O)[O-])c1. The Morgan fingerprint density at radius 3 is 2.88 bits per heavy atom. The number of aromatic nitrogens is 2. The number of furan rings is 1. The molecule has 0 saturated carbocycles. The Bertz CT molecular complexity index is 1240. The monoisotopic (exact) mass is 485 g/mol. The van der Waals surface area contributed by atoms with E-state index in [2.05, 4.69) is 14.7 Å². The van der Waals surface area contributed by atoms with Gasteiger partial charge in [-0.2, -0.15) is 14.6 Å². The number of nitro groups is 1. The summed E-state index contributed by atoms with van der Waals surface area (Å²) in [6.45, 7) is 6.16. The zero-order valence-electron chi connectivity index (χ0n) is 17.9. The molecule has 1 amide bonds. The molecule has 0 aliphatic heterocycles. The minimum absolute atomic E-state index is 0.185. The van der Waals surface area contributed by atoms with E-state index in [4.69, 9.17) is 9.15 Å². The van der Waals surface area contributed by atoms with Crippen LogP contribution in [0.15, 0.2) is 45.5 Å². The molecule has 0 unspecified atom stereocenters. The number of hydrogen-bond acceptors (Lipinski definition) is 10. The lowest BCUT2D eigenvalue weighted by molar-refractivity contribution is -0.384. The van der Waals surface area contributed by atoms with Gasteiger partial charge >= 0.3 is 0 Å². The first-order valence-electron chi connectivity index (χ1n) is 9.75. The van der Waals surface area contributed by atoms with Crippen molar-refractivity contribution in [2.24, 2.45) is 0 Å². The molecule has 2 heterocycles. The van der Waals surface area contributed by atoms with Crippen molar-refractivity contribution < 1.29 is 18.9 Å². The van der Waals surface area contributed by atoms with Gasteiger partial charge in [-0.15, -0.1) is 0 Å². The Morgan fingerprint density at radius 2 is 2.21 bits per heavy atom. The summed E-state index contributed by atoms with van der Waals surface area (Å²) in [5.41, 5.74) is -0.157. The molecule has 0 radical (unpaired) electrons. The molecule has 0 aliphatic carbocycles. The van der Waals surface area contributed by atoms with E-state index in [0.29, 0.717) is 17.5 Å². The maximum absolute atomic E-state index is 12.5. The van der Waals surface area contributed by atoms with Gasteiger partial charge in [-0.3, -0.25) is 20.2 Å². The number of amides is 1. The zero-order valence-corrected chi connectivity index (χ0v) is 19.5. The molecule has 0 saturated heterocycles.